The summed E-state index contributed by atoms with van der Waals surface area (Å²) in [6, 6.07) is 5.51. The van der Waals surface area contributed by atoms with Crippen LogP contribution in [-0.2, 0) is 0 Å². The van der Waals surface area contributed by atoms with Gasteiger partial charge in [0.05, 0.1) is 5.02 Å². The lowest BCUT2D eigenvalue weighted by Crippen LogP contribution is -1.92. The maximum absolute atomic E-state index is 13.4. The van der Waals surface area contributed by atoms with Crippen LogP contribution < -0.4 is 5.73 Å². The maximum Gasteiger partial charge on any atom is 0.143 e. The van der Waals surface area contributed by atoms with Crippen molar-refractivity contribution in [3.63, 3.8) is 0 Å². The van der Waals surface area contributed by atoms with Crippen molar-refractivity contribution in [2.45, 2.75) is 9.79 Å². The number of benzene rings is 2. The zero-order chi connectivity index (χ0) is 13.3. The van der Waals surface area contributed by atoms with Crippen LogP contribution in [0.25, 0.3) is 0 Å². The number of halogens is 4. The Balaban J connectivity index is 2.37. The van der Waals surface area contributed by atoms with Crippen molar-refractivity contribution in [3.05, 3.63) is 52.8 Å². The van der Waals surface area contributed by atoms with Crippen LogP contribution in [0.15, 0.2) is 40.1 Å². The van der Waals surface area contributed by atoms with E-state index >= 15 is 0 Å². The van der Waals surface area contributed by atoms with Crippen LogP contribution in [0.5, 0.6) is 0 Å². The Morgan fingerprint density at radius 1 is 0.944 bits per heavy atom. The highest BCUT2D eigenvalue weighted by Gasteiger charge is 2.11. The second kappa shape index (κ2) is 5.12. The lowest BCUT2D eigenvalue weighted by molar-refractivity contribution is 0.565. The van der Waals surface area contributed by atoms with E-state index in [1.165, 1.54) is 12.1 Å². The van der Waals surface area contributed by atoms with Crippen molar-refractivity contribution < 1.29 is 13.2 Å². The maximum atomic E-state index is 13.4. The van der Waals surface area contributed by atoms with Gasteiger partial charge in [0.25, 0.3) is 0 Å². The highest BCUT2D eigenvalue weighted by molar-refractivity contribution is 7.99. The molecule has 18 heavy (non-hydrogen) atoms. The van der Waals surface area contributed by atoms with Crippen LogP contribution in [0.1, 0.15) is 0 Å². The summed E-state index contributed by atoms with van der Waals surface area (Å²) >= 11 is 6.46. The number of hydrogen-bond acceptors (Lipinski definition) is 2. The molecule has 0 radical (unpaired) electrons. The zero-order valence-corrected chi connectivity index (χ0v) is 10.5. The third-order valence-electron chi connectivity index (χ3n) is 2.17. The van der Waals surface area contributed by atoms with Gasteiger partial charge in [-0.15, -0.1) is 0 Å². The molecule has 0 aliphatic carbocycles. The van der Waals surface area contributed by atoms with Crippen molar-refractivity contribution in [2.75, 3.05) is 5.73 Å². The number of anilines is 1. The second-order valence-electron chi connectivity index (χ2n) is 3.48. The smallest absolute Gasteiger partial charge is 0.143 e. The molecule has 0 fully saturated rings. The summed E-state index contributed by atoms with van der Waals surface area (Å²) < 4.78 is 39.4. The fourth-order valence-electron chi connectivity index (χ4n) is 1.31. The summed E-state index contributed by atoms with van der Waals surface area (Å²) in [6.07, 6.45) is 0. The minimum Gasteiger partial charge on any atom is -0.398 e. The van der Waals surface area contributed by atoms with Crippen molar-refractivity contribution in [1.82, 2.24) is 0 Å². The average Bonchev–Trinajstić information content (AvgIpc) is 2.29. The standard InChI is InChI=1S/C12H7ClF3NS/c13-7-4-10(17)12(5-8(7)15)18-11-2-1-6(14)3-9(11)16/h1-5H,17H2. The predicted molar refractivity (Wildman–Crippen MR) is 66.3 cm³/mol. The molecule has 0 amide bonds. The van der Waals surface area contributed by atoms with Gasteiger partial charge in [0.1, 0.15) is 17.5 Å². The van der Waals surface area contributed by atoms with E-state index in [1.807, 2.05) is 0 Å². The summed E-state index contributed by atoms with van der Waals surface area (Å²) in [7, 11) is 0. The minimum absolute atomic E-state index is 0.101. The Bertz CT molecular complexity index is 604. The molecule has 0 unspecified atom stereocenters. The lowest BCUT2D eigenvalue weighted by Gasteiger charge is -2.07. The molecule has 0 saturated carbocycles. The molecule has 2 aromatic carbocycles. The van der Waals surface area contributed by atoms with Crippen molar-refractivity contribution >= 4 is 29.1 Å². The van der Waals surface area contributed by atoms with E-state index in [2.05, 4.69) is 0 Å². The fourth-order valence-corrected chi connectivity index (χ4v) is 2.35. The number of nitrogens with two attached hydrogens (primary N) is 1. The normalized spacial score (nSPS) is 10.7. The van der Waals surface area contributed by atoms with E-state index < -0.39 is 17.5 Å². The monoisotopic (exact) mass is 289 g/mol. The van der Waals surface area contributed by atoms with Gasteiger partial charge in [-0.1, -0.05) is 23.4 Å². The molecule has 0 saturated heterocycles. The first-order valence-electron chi connectivity index (χ1n) is 4.85. The van der Waals surface area contributed by atoms with E-state index in [0.717, 1.165) is 30.0 Å². The summed E-state index contributed by atoms with van der Waals surface area (Å²) in [6.45, 7) is 0. The minimum atomic E-state index is -0.727. The summed E-state index contributed by atoms with van der Waals surface area (Å²) in [5.41, 5.74) is 5.88. The van der Waals surface area contributed by atoms with Gasteiger partial charge in [-0.25, -0.2) is 13.2 Å². The second-order valence-corrected chi connectivity index (χ2v) is 4.97. The number of hydrogen-bond donors (Lipinski definition) is 1. The van der Waals surface area contributed by atoms with E-state index in [-0.39, 0.29) is 15.6 Å². The third kappa shape index (κ3) is 2.73. The molecule has 2 N–H and O–H groups in total. The van der Waals surface area contributed by atoms with Gasteiger partial charge < -0.3 is 5.73 Å². The molecule has 0 heterocycles. The van der Waals surface area contributed by atoms with Crippen molar-refractivity contribution in [2.24, 2.45) is 0 Å². The van der Waals surface area contributed by atoms with E-state index in [0.29, 0.717) is 4.90 Å². The zero-order valence-electron chi connectivity index (χ0n) is 8.88. The van der Waals surface area contributed by atoms with Gasteiger partial charge in [-0.05, 0) is 24.3 Å². The Hall–Kier alpha value is -1.33. The Morgan fingerprint density at radius 2 is 1.67 bits per heavy atom. The van der Waals surface area contributed by atoms with Gasteiger partial charge in [0, 0.05) is 21.5 Å². The van der Waals surface area contributed by atoms with E-state index in [1.54, 1.807) is 0 Å². The van der Waals surface area contributed by atoms with Crippen LogP contribution in [0, 0.1) is 17.5 Å². The summed E-state index contributed by atoms with van der Waals surface area (Å²) in [5, 5.41) is -0.101. The topological polar surface area (TPSA) is 26.0 Å². The predicted octanol–water partition coefficient (Wildman–Crippen LogP) is 4.49. The molecule has 0 atom stereocenters. The van der Waals surface area contributed by atoms with Crippen LogP contribution in [0.2, 0.25) is 5.02 Å². The molecular weight excluding hydrogens is 283 g/mol. The number of rotatable bonds is 2. The van der Waals surface area contributed by atoms with Gasteiger partial charge in [0.2, 0.25) is 0 Å². The number of nitrogen functional groups attached to an aromatic ring is 1. The highest BCUT2D eigenvalue weighted by atomic mass is 35.5. The molecule has 6 heteroatoms. The average molecular weight is 290 g/mol. The first-order valence-corrected chi connectivity index (χ1v) is 6.04. The van der Waals surface area contributed by atoms with E-state index in [9.17, 15) is 13.2 Å². The third-order valence-corrected chi connectivity index (χ3v) is 3.58. The van der Waals surface area contributed by atoms with Crippen LogP contribution in [-0.4, -0.2) is 0 Å². The van der Waals surface area contributed by atoms with E-state index in [4.69, 9.17) is 17.3 Å². The summed E-state index contributed by atoms with van der Waals surface area (Å²) in [5.74, 6) is -2.04. The molecule has 0 aromatic heterocycles. The van der Waals surface area contributed by atoms with Gasteiger partial charge in [-0.3, -0.25) is 0 Å². The van der Waals surface area contributed by atoms with Crippen molar-refractivity contribution in [1.29, 1.82) is 0 Å². The van der Waals surface area contributed by atoms with Gasteiger partial charge in [0.15, 0.2) is 0 Å². The molecule has 0 aliphatic heterocycles. The molecule has 0 spiro atoms. The molecule has 0 bridgehead atoms. The highest BCUT2D eigenvalue weighted by Crippen LogP contribution is 2.36. The largest absolute Gasteiger partial charge is 0.398 e. The van der Waals surface area contributed by atoms with Gasteiger partial charge in [-0.2, -0.15) is 0 Å². The Morgan fingerprint density at radius 3 is 2.33 bits per heavy atom. The van der Waals surface area contributed by atoms with Gasteiger partial charge >= 0.3 is 0 Å². The molecule has 2 aromatic rings. The van der Waals surface area contributed by atoms with Crippen molar-refractivity contribution in [3.8, 4) is 0 Å². The van der Waals surface area contributed by atoms with Crippen LogP contribution >= 0.6 is 23.4 Å². The molecule has 1 nitrogen and oxygen atoms in total. The Labute approximate surface area is 111 Å². The fraction of sp³-hybridized carbons (Fsp3) is 0. The van der Waals surface area contributed by atoms with Crippen LogP contribution in [0.3, 0.4) is 0 Å². The van der Waals surface area contributed by atoms with Crippen LogP contribution in [0.4, 0.5) is 18.9 Å². The first-order chi connectivity index (χ1) is 8.47. The molecule has 94 valence electrons. The quantitative estimate of drug-likeness (QED) is 0.824. The molecule has 2 rings (SSSR count). The summed E-state index contributed by atoms with van der Waals surface area (Å²) in [4.78, 5) is 0.479. The Kier molecular flexibility index (Phi) is 3.73. The SMILES string of the molecule is Nc1cc(Cl)c(F)cc1Sc1ccc(F)cc1F. The first kappa shape index (κ1) is 13.1. The molecule has 0 aliphatic rings. The molecular formula is C12H7ClF3NS. The lowest BCUT2D eigenvalue weighted by atomic mass is 10.3.